The number of fused-ring (bicyclic) bond motifs is 1. The lowest BCUT2D eigenvalue weighted by Crippen LogP contribution is -2.55. The number of pyridine rings is 2. The van der Waals surface area contributed by atoms with E-state index in [0.29, 0.717) is 30.0 Å². The van der Waals surface area contributed by atoms with Crippen molar-refractivity contribution in [3.8, 4) is 16.9 Å². The van der Waals surface area contributed by atoms with Crippen LogP contribution in [0.1, 0.15) is 64.3 Å². The van der Waals surface area contributed by atoms with Crippen LogP contribution >= 0.6 is 0 Å². The number of nitrogens with zero attached hydrogens (tertiary/aromatic N) is 6. The molecule has 1 amide bonds. The van der Waals surface area contributed by atoms with Crippen LogP contribution in [0.25, 0.3) is 28.0 Å². The van der Waals surface area contributed by atoms with E-state index in [1.165, 1.54) is 29.9 Å². The fourth-order valence-electron chi connectivity index (χ4n) is 5.94. The molecule has 5 rings (SSSR count). The van der Waals surface area contributed by atoms with Crippen LogP contribution in [0, 0.1) is 18.6 Å². The first-order valence-electron chi connectivity index (χ1n) is 15.9. The summed E-state index contributed by atoms with van der Waals surface area (Å²) in [6, 6.07) is 7.06. The SMILES string of the molecule is COCOCc1cccc(F)c1-c1nc2c(cc1F)c(N1CCN(C(=O)OC(C)(C)C)C[C@@H]1C)nc(=O)n2-c1c(C)ccnc1C(C)C. The average molecular weight is 665 g/mol. The molecule has 1 atom stereocenters. The lowest BCUT2D eigenvalue weighted by atomic mass is 10.0. The summed E-state index contributed by atoms with van der Waals surface area (Å²) in [6.07, 6.45) is 1.22. The molecule has 0 radical (unpaired) electrons. The molecule has 4 aromatic rings. The van der Waals surface area contributed by atoms with Crippen LogP contribution in [-0.4, -0.2) is 75.7 Å². The van der Waals surface area contributed by atoms with Gasteiger partial charge in [0, 0.05) is 44.5 Å². The summed E-state index contributed by atoms with van der Waals surface area (Å²) in [4.78, 5) is 44.3. The molecule has 3 aromatic heterocycles. The van der Waals surface area contributed by atoms with E-state index in [9.17, 15) is 9.59 Å². The molecule has 1 fully saturated rings. The third kappa shape index (κ3) is 7.02. The lowest BCUT2D eigenvalue weighted by molar-refractivity contribution is -0.0389. The van der Waals surface area contributed by atoms with Crippen molar-refractivity contribution < 1.29 is 27.8 Å². The summed E-state index contributed by atoms with van der Waals surface area (Å²) in [5, 5.41) is 0.250. The smallest absolute Gasteiger partial charge is 0.410 e. The molecule has 0 saturated carbocycles. The molecule has 11 nitrogen and oxygen atoms in total. The second kappa shape index (κ2) is 13.9. The van der Waals surface area contributed by atoms with Gasteiger partial charge in [0.05, 0.1) is 23.4 Å². The Morgan fingerprint density at radius 1 is 1.10 bits per heavy atom. The van der Waals surface area contributed by atoms with Crippen LogP contribution < -0.4 is 10.6 Å². The Morgan fingerprint density at radius 2 is 1.85 bits per heavy atom. The topological polar surface area (TPSA) is 112 Å². The van der Waals surface area contributed by atoms with Gasteiger partial charge in [0.15, 0.2) is 5.65 Å². The van der Waals surface area contributed by atoms with Gasteiger partial charge in [0.2, 0.25) is 0 Å². The minimum atomic E-state index is -0.805. The standard InChI is InChI=1S/C35H42F2N6O5/c1-20(2)28-30(21(3)12-13-38-28)43-32-24(16-26(37)29(39-32)27-23(18-47-19-46-8)10-9-11-25(27)36)31(40-33(43)44)42-15-14-41(17-22(42)4)34(45)48-35(5,6)7/h9-13,16,20,22H,14-15,17-19H2,1-8H3/t22-/m0/s1. The number of hydrogen-bond acceptors (Lipinski definition) is 9. The summed E-state index contributed by atoms with van der Waals surface area (Å²) in [5.74, 6) is -1.38. The molecule has 0 N–H and O–H groups in total. The van der Waals surface area contributed by atoms with Crippen LogP contribution in [0.4, 0.5) is 19.4 Å². The van der Waals surface area contributed by atoms with Crippen molar-refractivity contribution in [2.75, 3.05) is 38.4 Å². The van der Waals surface area contributed by atoms with Crippen molar-refractivity contribution in [2.45, 2.75) is 72.6 Å². The number of ether oxygens (including phenoxy) is 3. The van der Waals surface area contributed by atoms with Crippen LogP contribution in [-0.2, 0) is 20.8 Å². The van der Waals surface area contributed by atoms with E-state index in [2.05, 4.69) is 9.97 Å². The number of amides is 1. The highest BCUT2D eigenvalue weighted by atomic mass is 19.1. The van der Waals surface area contributed by atoms with Gasteiger partial charge >= 0.3 is 11.8 Å². The van der Waals surface area contributed by atoms with E-state index >= 15 is 8.78 Å². The second-order valence-electron chi connectivity index (χ2n) is 13.3. The molecule has 1 aromatic carbocycles. The van der Waals surface area contributed by atoms with Gasteiger partial charge in [-0.3, -0.25) is 4.98 Å². The number of carbonyl (C=O) groups excluding carboxylic acids is 1. The van der Waals surface area contributed by atoms with Crippen LogP contribution in [0.15, 0.2) is 41.3 Å². The van der Waals surface area contributed by atoms with Crippen molar-refractivity contribution >= 4 is 22.9 Å². The second-order valence-corrected chi connectivity index (χ2v) is 13.3. The van der Waals surface area contributed by atoms with Gasteiger partial charge in [-0.05, 0) is 69.9 Å². The minimum Gasteiger partial charge on any atom is -0.444 e. The first kappa shape index (κ1) is 34.8. The summed E-state index contributed by atoms with van der Waals surface area (Å²) in [7, 11) is 1.46. The molecule has 1 aliphatic rings. The van der Waals surface area contributed by atoms with Crippen molar-refractivity contribution in [3.63, 3.8) is 0 Å². The van der Waals surface area contributed by atoms with Crippen LogP contribution in [0.2, 0.25) is 0 Å². The summed E-state index contributed by atoms with van der Waals surface area (Å²) in [5.41, 5.74) is 0.604. The Morgan fingerprint density at radius 3 is 2.52 bits per heavy atom. The number of halogens is 2. The van der Waals surface area contributed by atoms with E-state index in [1.54, 1.807) is 44.0 Å². The van der Waals surface area contributed by atoms with Gasteiger partial charge in [-0.15, -0.1) is 0 Å². The number of anilines is 1. The molecule has 0 unspecified atom stereocenters. The van der Waals surface area contributed by atoms with E-state index < -0.39 is 29.0 Å². The molecule has 4 heterocycles. The Balaban J connectivity index is 1.74. The molecule has 48 heavy (non-hydrogen) atoms. The summed E-state index contributed by atoms with van der Waals surface area (Å²) >= 11 is 0. The molecule has 1 aliphatic heterocycles. The zero-order chi connectivity index (χ0) is 34.9. The Bertz CT molecular complexity index is 1890. The first-order chi connectivity index (χ1) is 22.7. The number of methoxy groups -OCH3 is 1. The Kier molecular flexibility index (Phi) is 10.1. The molecular formula is C35H42F2N6O5. The van der Waals surface area contributed by atoms with Gasteiger partial charge in [-0.1, -0.05) is 26.0 Å². The summed E-state index contributed by atoms with van der Waals surface area (Å²) in [6.45, 7) is 13.8. The van der Waals surface area contributed by atoms with E-state index in [4.69, 9.17) is 19.2 Å². The Labute approximate surface area is 278 Å². The quantitative estimate of drug-likeness (QED) is 0.163. The normalized spacial score (nSPS) is 15.4. The highest BCUT2D eigenvalue weighted by molar-refractivity contribution is 5.91. The Hall–Kier alpha value is -4.49. The third-order valence-electron chi connectivity index (χ3n) is 8.07. The van der Waals surface area contributed by atoms with Crippen LogP contribution in [0.5, 0.6) is 0 Å². The predicted octanol–water partition coefficient (Wildman–Crippen LogP) is 6.12. The number of aryl methyl sites for hydroxylation is 1. The van der Waals surface area contributed by atoms with Gasteiger partial charge in [0.1, 0.15) is 35.5 Å². The predicted molar refractivity (Wildman–Crippen MR) is 178 cm³/mol. The largest absolute Gasteiger partial charge is 0.444 e. The van der Waals surface area contributed by atoms with Crippen molar-refractivity contribution in [1.29, 1.82) is 0 Å². The van der Waals surface area contributed by atoms with Crippen molar-refractivity contribution in [2.24, 2.45) is 0 Å². The van der Waals surface area contributed by atoms with E-state index in [0.717, 1.165) is 5.56 Å². The lowest BCUT2D eigenvalue weighted by Gasteiger charge is -2.41. The maximum Gasteiger partial charge on any atom is 0.410 e. The molecule has 13 heteroatoms. The molecular weight excluding hydrogens is 622 g/mol. The fraction of sp³-hybridized carbons (Fsp3) is 0.457. The van der Waals surface area contributed by atoms with E-state index in [-0.39, 0.29) is 60.0 Å². The van der Waals surface area contributed by atoms with Gasteiger partial charge < -0.3 is 24.0 Å². The van der Waals surface area contributed by atoms with Crippen molar-refractivity contribution in [3.05, 3.63) is 75.5 Å². The molecule has 0 bridgehead atoms. The first-order valence-corrected chi connectivity index (χ1v) is 15.9. The van der Waals surface area contributed by atoms with Gasteiger partial charge in [0.25, 0.3) is 0 Å². The number of piperazine rings is 1. The maximum atomic E-state index is 16.3. The highest BCUT2D eigenvalue weighted by Crippen LogP contribution is 2.35. The van der Waals surface area contributed by atoms with Gasteiger partial charge in [-0.2, -0.15) is 4.98 Å². The number of hydrogen-bond donors (Lipinski definition) is 0. The van der Waals surface area contributed by atoms with E-state index in [1.807, 2.05) is 32.6 Å². The number of carbonyl (C=O) groups is 1. The fourth-order valence-corrected chi connectivity index (χ4v) is 5.94. The molecule has 256 valence electrons. The monoisotopic (exact) mass is 664 g/mol. The summed E-state index contributed by atoms with van der Waals surface area (Å²) < 4.78 is 49.3. The van der Waals surface area contributed by atoms with Crippen molar-refractivity contribution in [1.82, 2.24) is 24.4 Å². The highest BCUT2D eigenvalue weighted by Gasteiger charge is 2.33. The van der Waals surface area contributed by atoms with Gasteiger partial charge in [-0.25, -0.2) is 27.9 Å². The minimum absolute atomic E-state index is 0.0458. The molecule has 0 aliphatic carbocycles. The maximum absolute atomic E-state index is 16.3. The zero-order valence-corrected chi connectivity index (χ0v) is 28.6. The van der Waals surface area contributed by atoms with Crippen LogP contribution in [0.3, 0.4) is 0 Å². The average Bonchev–Trinajstić information content (AvgIpc) is 3.00. The molecule has 1 saturated heterocycles. The number of aromatic nitrogens is 4. The third-order valence-corrected chi connectivity index (χ3v) is 8.07. The number of benzene rings is 1. The molecule has 0 spiro atoms. The number of rotatable bonds is 8. The zero-order valence-electron chi connectivity index (χ0n) is 28.6.